The van der Waals surface area contributed by atoms with Gasteiger partial charge in [-0.2, -0.15) is 0 Å². The molecule has 0 N–H and O–H groups in total. The molecule has 32 heavy (non-hydrogen) atoms. The maximum atomic E-state index is 13.6. The number of thiazole rings is 1. The molecule has 1 aromatic heterocycles. The number of carbonyl (C=O) groups excluding carboxylic acids is 1. The van der Waals surface area contributed by atoms with E-state index in [9.17, 15) is 9.59 Å². The lowest BCUT2D eigenvalue weighted by molar-refractivity contribution is -0.136. The second-order valence-corrected chi connectivity index (χ2v) is 8.56. The first-order valence-electron chi connectivity index (χ1n) is 10.2. The summed E-state index contributed by atoms with van der Waals surface area (Å²) in [7, 11) is 1.34. The topological polar surface area (TPSA) is 60.7 Å². The molecular weight excluding hydrogens is 420 g/mol. The monoisotopic (exact) mass is 440 g/mol. The van der Waals surface area contributed by atoms with E-state index in [2.05, 4.69) is 17.1 Å². The van der Waals surface area contributed by atoms with E-state index in [0.717, 1.165) is 21.9 Å². The molecule has 158 valence electrons. The number of esters is 1. The third kappa shape index (κ3) is 3.29. The second kappa shape index (κ2) is 8.05. The van der Waals surface area contributed by atoms with Crippen LogP contribution < -0.4 is 14.9 Å². The molecule has 1 aliphatic heterocycles. The summed E-state index contributed by atoms with van der Waals surface area (Å²) in [4.78, 5) is 31.4. The van der Waals surface area contributed by atoms with Crippen molar-refractivity contribution in [1.29, 1.82) is 0 Å². The number of ether oxygens (including phenoxy) is 1. The first-order valence-corrected chi connectivity index (χ1v) is 11.0. The van der Waals surface area contributed by atoms with Gasteiger partial charge in [-0.3, -0.25) is 9.36 Å². The Morgan fingerprint density at radius 3 is 2.53 bits per heavy atom. The number of carbonyl (C=O) groups is 1. The molecule has 0 radical (unpaired) electrons. The molecule has 1 aliphatic rings. The average molecular weight is 441 g/mol. The largest absolute Gasteiger partial charge is 0.466 e. The number of hydrogen-bond acceptors (Lipinski definition) is 5. The highest BCUT2D eigenvalue weighted by molar-refractivity contribution is 7.07. The summed E-state index contributed by atoms with van der Waals surface area (Å²) in [6.07, 6.45) is 1.91. The average Bonchev–Trinajstić information content (AvgIpc) is 3.13. The summed E-state index contributed by atoms with van der Waals surface area (Å²) >= 11 is 1.33. The summed E-state index contributed by atoms with van der Waals surface area (Å²) in [5.74, 6) is -0.483. The Kier molecular flexibility index (Phi) is 5.07. The number of hydrogen-bond donors (Lipinski definition) is 0. The van der Waals surface area contributed by atoms with Crippen molar-refractivity contribution in [3.63, 3.8) is 0 Å². The van der Waals surface area contributed by atoms with Crippen molar-refractivity contribution in [3.05, 3.63) is 115 Å². The maximum Gasteiger partial charge on any atom is 0.338 e. The number of benzene rings is 3. The van der Waals surface area contributed by atoms with Gasteiger partial charge in [0, 0.05) is 0 Å². The molecule has 1 unspecified atom stereocenters. The van der Waals surface area contributed by atoms with Gasteiger partial charge in [-0.1, -0.05) is 84.1 Å². The van der Waals surface area contributed by atoms with Crippen molar-refractivity contribution in [3.8, 4) is 0 Å². The standard InChI is InChI=1S/C26H20N2O3S/c1-16-22(25(30)31-2)23(18-10-4-3-5-11-18)28-24(29)21(32-26(28)27-16)15-19-13-8-12-17-9-6-7-14-20(17)19/h3-15,23H,1-2H3/b21-15+. The molecule has 3 aromatic carbocycles. The first kappa shape index (κ1) is 20.2. The van der Waals surface area contributed by atoms with E-state index in [0.29, 0.717) is 20.6 Å². The minimum absolute atomic E-state index is 0.176. The molecular formula is C26H20N2O3S. The van der Waals surface area contributed by atoms with E-state index in [1.165, 1.54) is 18.4 Å². The third-order valence-corrected chi connectivity index (χ3v) is 6.64. The van der Waals surface area contributed by atoms with Crippen molar-refractivity contribution in [2.45, 2.75) is 13.0 Å². The van der Waals surface area contributed by atoms with Gasteiger partial charge in [-0.15, -0.1) is 0 Å². The Morgan fingerprint density at radius 2 is 1.75 bits per heavy atom. The molecule has 0 spiro atoms. The zero-order valence-electron chi connectivity index (χ0n) is 17.6. The van der Waals surface area contributed by atoms with E-state index in [4.69, 9.17) is 4.74 Å². The SMILES string of the molecule is COC(=O)C1=C(C)N=c2s/c(=C/c3cccc4ccccc34)c(=O)n2C1c1ccccc1. The smallest absolute Gasteiger partial charge is 0.338 e. The van der Waals surface area contributed by atoms with Crippen LogP contribution in [0.2, 0.25) is 0 Å². The molecule has 0 saturated heterocycles. The van der Waals surface area contributed by atoms with Crippen molar-refractivity contribution < 1.29 is 9.53 Å². The van der Waals surface area contributed by atoms with Crippen molar-refractivity contribution in [2.75, 3.05) is 7.11 Å². The summed E-state index contributed by atoms with van der Waals surface area (Å²) in [6, 6.07) is 23.0. The second-order valence-electron chi connectivity index (χ2n) is 7.55. The quantitative estimate of drug-likeness (QED) is 0.458. The first-order chi connectivity index (χ1) is 15.6. The lowest BCUT2D eigenvalue weighted by Gasteiger charge is -2.24. The zero-order valence-corrected chi connectivity index (χ0v) is 18.4. The lowest BCUT2D eigenvalue weighted by atomic mass is 9.96. The van der Waals surface area contributed by atoms with E-state index in [1.54, 1.807) is 11.5 Å². The van der Waals surface area contributed by atoms with Gasteiger partial charge < -0.3 is 4.74 Å². The lowest BCUT2D eigenvalue weighted by Crippen LogP contribution is -2.39. The van der Waals surface area contributed by atoms with Gasteiger partial charge in [0.05, 0.1) is 29.0 Å². The van der Waals surface area contributed by atoms with Crippen molar-refractivity contribution in [2.24, 2.45) is 4.99 Å². The van der Waals surface area contributed by atoms with Gasteiger partial charge in [0.25, 0.3) is 5.56 Å². The molecule has 5 rings (SSSR count). The van der Waals surface area contributed by atoms with E-state index in [1.807, 2.05) is 66.7 Å². The molecule has 0 bridgehead atoms. The van der Waals surface area contributed by atoms with Crippen LogP contribution in [-0.4, -0.2) is 17.6 Å². The van der Waals surface area contributed by atoms with Crippen LogP contribution >= 0.6 is 11.3 Å². The maximum absolute atomic E-state index is 13.6. The van der Waals surface area contributed by atoms with Crippen LogP contribution in [0, 0.1) is 0 Å². The fourth-order valence-corrected chi connectivity index (χ4v) is 5.20. The molecule has 0 aliphatic carbocycles. The fraction of sp³-hybridized carbons (Fsp3) is 0.115. The summed E-state index contributed by atoms with van der Waals surface area (Å²) in [6.45, 7) is 1.78. The van der Waals surface area contributed by atoms with Crippen molar-refractivity contribution in [1.82, 2.24) is 4.57 Å². The van der Waals surface area contributed by atoms with E-state index in [-0.39, 0.29) is 5.56 Å². The van der Waals surface area contributed by atoms with Gasteiger partial charge in [-0.25, -0.2) is 9.79 Å². The Labute approximate surface area is 188 Å². The summed E-state index contributed by atoms with van der Waals surface area (Å²) in [5.41, 5.74) is 2.56. The Hall–Kier alpha value is -3.77. The Morgan fingerprint density at radius 1 is 1.03 bits per heavy atom. The van der Waals surface area contributed by atoms with Crippen LogP contribution in [0.25, 0.3) is 16.8 Å². The molecule has 1 atom stereocenters. The zero-order chi connectivity index (χ0) is 22.2. The minimum atomic E-state index is -0.588. The third-order valence-electron chi connectivity index (χ3n) is 5.65. The number of fused-ring (bicyclic) bond motifs is 2. The fourth-order valence-electron chi connectivity index (χ4n) is 4.16. The van der Waals surface area contributed by atoms with Crippen LogP contribution in [0.3, 0.4) is 0 Å². The molecule has 4 aromatic rings. The highest BCUT2D eigenvalue weighted by Gasteiger charge is 2.32. The number of nitrogens with zero attached hydrogens (tertiary/aromatic N) is 2. The normalized spacial score (nSPS) is 16.1. The Bertz CT molecular complexity index is 1560. The van der Waals surface area contributed by atoms with Gasteiger partial charge >= 0.3 is 5.97 Å². The summed E-state index contributed by atoms with van der Waals surface area (Å²) < 4.78 is 7.22. The van der Waals surface area contributed by atoms with E-state index >= 15 is 0 Å². The molecule has 0 fully saturated rings. The predicted molar refractivity (Wildman–Crippen MR) is 126 cm³/mol. The van der Waals surface area contributed by atoms with Gasteiger partial charge in [0.1, 0.15) is 0 Å². The number of allylic oxidation sites excluding steroid dienone is 1. The molecule has 5 nitrogen and oxygen atoms in total. The molecule has 0 amide bonds. The number of aromatic nitrogens is 1. The molecule has 0 saturated carbocycles. The highest BCUT2D eigenvalue weighted by atomic mass is 32.1. The van der Waals surface area contributed by atoms with Gasteiger partial charge in [0.15, 0.2) is 4.80 Å². The number of methoxy groups -OCH3 is 1. The van der Waals surface area contributed by atoms with Crippen LogP contribution in [0.1, 0.15) is 24.1 Å². The number of rotatable bonds is 3. The van der Waals surface area contributed by atoms with Crippen LogP contribution in [-0.2, 0) is 9.53 Å². The minimum Gasteiger partial charge on any atom is -0.466 e. The highest BCUT2D eigenvalue weighted by Crippen LogP contribution is 2.30. The molecule has 2 heterocycles. The summed E-state index contributed by atoms with van der Waals surface area (Å²) in [5, 5.41) is 2.19. The van der Waals surface area contributed by atoms with E-state index < -0.39 is 12.0 Å². The van der Waals surface area contributed by atoms with Crippen LogP contribution in [0.5, 0.6) is 0 Å². The van der Waals surface area contributed by atoms with Crippen LogP contribution in [0.15, 0.2) is 93.9 Å². The molecule has 6 heteroatoms. The predicted octanol–water partition coefficient (Wildman–Crippen LogP) is 3.56. The van der Waals surface area contributed by atoms with Crippen molar-refractivity contribution >= 4 is 34.2 Å². The van der Waals surface area contributed by atoms with Crippen LogP contribution in [0.4, 0.5) is 0 Å². The Balaban J connectivity index is 1.77. The van der Waals surface area contributed by atoms with Gasteiger partial charge in [0.2, 0.25) is 0 Å². The van der Waals surface area contributed by atoms with Gasteiger partial charge in [-0.05, 0) is 34.9 Å².